The molecular weight excluding hydrogens is 328 g/mol. The van der Waals surface area contributed by atoms with Gasteiger partial charge in [-0.2, -0.15) is 0 Å². The Morgan fingerprint density at radius 2 is 2.00 bits per heavy atom. The number of ether oxygens (including phenoxy) is 1. The quantitative estimate of drug-likeness (QED) is 0.639. The average molecular weight is 340 g/mol. The topological polar surface area (TPSA) is 59.1 Å². The van der Waals surface area contributed by atoms with Gasteiger partial charge in [0.2, 0.25) is 0 Å². The van der Waals surface area contributed by atoms with Crippen LogP contribution in [0.15, 0.2) is 40.9 Å². The van der Waals surface area contributed by atoms with E-state index < -0.39 is 0 Å². The second kappa shape index (κ2) is 5.63. The molecule has 0 unspecified atom stereocenters. The molecule has 0 spiro atoms. The minimum atomic E-state index is 0.00629. The maximum atomic E-state index is 7.41. The van der Waals surface area contributed by atoms with Crippen LogP contribution < -0.4 is 10.5 Å². The average Bonchev–Trinajstić information content (AvgIpc) is 2.32. The van der Waals surface area contributed by atoms with Crippen LogP contribution in [-0.4, -0.2) is 5.84 Å². The number of nitrogen functional groups attached to an aromatic ring is 1. The molecule has 5 heteroatoms. The highest BCUT2D eigenvalue weighted by atomic mass is 79.9. The van der Waals surface area contributed by atoms with E-state index in [0.29, 0.717) is 26.6 Å². The molecule has 0 saturated carbocycles. The molecule has 0 aliphatic rings. The number of nitrogens with two attached hydrogens (primary N) is 1. The number of aryl methyl sites for hydroxylation is 1. The lowest BCUT2D eigenvalue weighted by Gasteiger charge is -2.10. The number of nitrogens with one attached hydrogen (secondary N) is 1. The van der Waals surface area contributed by atoms with Gasteiger partial charge in [-0.3, -0.25) is 5.41 Å². The summed E-state index contributed by atoms with van der Waals surface area (Å²) in [5, 5.41) is 7.97. The van der Waals surface area contributed by atoms with E-state index in [9.17, 15) is 0 Å². The first-order valence-corrected chi connectivity index (χ1v) is 6.72. The summed E-state index contributed by atoms with van der Waals surface area (Å²) in [7, 11) is 0. The summed E-state index contributed by atoms with van der Waals surface area (Å²) >= 11 is 9.47. The van der Waals surface area contributed by atoms with Crippen molar-refractivity contribution in [3.63, 3.8) is 0 Å². The van der Waals surface area contributed by atoms with Crippen LogP contribution in [0.2, 0.25) is 5.02 Å². The van der Waals surface area contributed by atoms with E-state index in [1.165, 1.54) is 0 Å². The molecule has 0 fully saturated rings. The third-order valence-electron chi connectivity index (χ3n) is 2.55. The molecule has 2 aromatic carbocycles. The van der Waals surface area contributed by atoms with Crippen LogP contribution in [0.25, 0.3) is 0 Å². The molecule has 98 valence electrons. The summed E-state index contributed by atoms with van der Waals surface area (Å²) in [6.45, 7) is 1.97. The molecule has 0 aromatic heterocycles. The summed E-state index contributed by atoms with van der Waals surface area (Å²) in [6.07, 6.45) is 0. The highest BCUT2D eigenvalue weighted by molar-refractivity contribution is 9.10. The van der Waals surface area contributed by atoms with Crippen LogP contribution in [0.5, 0.6) is 11.5 Å². The zero-order chi connectivity index (χ0) is 14.0. The van der Waals surface area contributed by atoms with Gasteiger partial charge in [-0.25, -0.2) is 0 Å². The standard InChI is InChI=1S/C14H12BrClN2O/c1-8-2-5-13(12(16)6-8)19-9-3-4-10(14(17)18)11(15)7-9/h2-7H,1H3,(H3,17,18). The van der Waals surface area contributed by atoms with Crippen LogP contribution in [0.1, 0.15) is 11.1 Å². The van der Waals surface area contributed by atoms with E-state index in [1.807, 2.05) is 25.1 Å². The van der Waals surface area contributed by atoms with E-state index in [4.69, 9.17) is 27.5 Å². The van der Waals surface area contributed by atoms with E-state index in [2.05, 4.69) is 15.9 Å². The van der Waals surface area contributed by atoms with Crippen molar-refractivity contribution in [2.75, 3.05) is 0 Å². The molecule has 3 nitrogen and oxygen atoms in total. The number of benzene rings is 2. The van der Waals surface area contributed by atoms with E-state index in [-0.39, 0.29) is 5.84 Å². The zero-order valence-electron chi connectivity index (χ0n) is 10.2. The van der Waals surface area contributed by atoms with Crippen LogP contribution in [0.3, 0.4) is 0 Å². The molecule has 19 heavy (non-hydrogen) atoms. The van der Waals surface area contributed by atoms with Crippen molar-refractivity contribution < 1.29 is 4.74 Å². The molecule has 3 N–H and O–H groups in total. The Bertz CT molecular complexity index is 643. The molecule has 0 saturated heterocycles. The molecule has 2 aromatic rings. The predicted octanol–water partition coefficient (Wildman–Crippen LogP) is 4.49. The molecule has 2 rings (SSSR count). The van der Waals surface area contributed by atoms with Gasteiger partial charge in [0.1, 0.15) is 17.3 Å². The summed E-state index contributed by atoms with van der Waals surface area (Å²) in [5.41, 5.74) is 7.15. The third-order valence-corrected chi connectivity index (χ3v) is 3.50. The van der Waals surface area contributed by atoms with Crippen LogP contribution in [-0.2, 0) is 0 Å². The largest absolute Gasteiger partial charge is 0.456 e. The van der Waals surface area contributed by atoms with Gasteiger partial charge in [-0.1, -0.05) is 17.7 Å². The lowest BCUT2D eigenvalue weighted by Crippen LogP contribution is -2.11. The molecule has 0 atom stereocenters. The van der Waals surface area contributed by atoms with Crippen molar-refractivity contribution in [3.8, 4) is 11.5 Å². The highest BCUT2D eigenvalue weighted by Gasteiger charge is 2.07. The molecule has 0 aliphatic carbocycles. The van der Waals surface area contributed by atoms with Crippen molar-refractivity contribution in [1.29, 1.82) is 5.41 Å². The predicted molar refractivity (Wildman–Crippen MR) is 81.4 cm³/mol. The van der Waals surface area contributed by atoms with Gasteiger partial charge in [-0.15, -0.1) is 0 Å². The van der Waals surface area contributed by atoms with E-state index in [1.54, 1.807) is 18.2 Å². The smallest absolute Gasteiger partial charge is 0.146 e. The minimum Gasteiger partial charge on any atom is -0.456 e. The molecule has 0 radical (unpaired) electrons. The van der Waals surface area contributed by atoms with Gasteiger partial charge in [0.05, 0.1) is 5.02 Å². The van der Waals surface area contributed by atoms with Crippen molar-refractivity contribution in [3.05, 3.63) is 57.0 Å². The second-order valence-electron chi connectivity index (χ2n) is 4.09. The maximum Gasteiger partial charge on any atom is 0.146 e. The minimum absolute atomic E-state index is 0.00629. The summed E-state index contributed by atoms with van der Waals surface area (Å²) in [4.78, 5) is 0. The highest BCUT2D eigenvalue weighted by Crippen LogP contribution is 2.32. The van der Waals surface area contributed by atoms with Gasteiger partial charge >= 0.3 is 0 Å². The van der Waals surface area contributed by atoms with Gasteiger partial charge in [0.15, 0.2) is 0 Å². The number of halogens is 2. The normalized spacial score (nSPS) is 10.3. The van der Waals surface area contributed by atoms with Gasteiger partial charge in [0, 0.05) is 10.0 Å². The first kappa shape index (κ1) is 13.9. The number of hydrogen-bond donors (Lipinski definition) is 2. The second-order valence-corrected chi connectivity index (χ2v) is 5.35. The summed E-state index contributed by atoms with van der Waals surface area (Å²) in [5.74, 6) is 1.23. The lowest BCUT2D eigenvalue weighted by molar-refractivity contribution is 0.482. The first-order chi connectivity index (χ1) is 8.97. The van der Waals surface area contributed by atoms with Crippen molar-refractivity contribution in [1.82, 2.24) is 0 Å². The molecule has 0 aliphatic heterocycles. The Morgan fingerprint density at radius 1 is 1.26 bits per heavy atom. The Morgan fingerprint density at radius 3 is 2.58 bits per heavy atom. The molecule has 0 heterocycles. The molecule has 0 bridgehead atoms. The summed E-state index contributed by atoms with van der Waals surface area (Å²) < 4.78 is 6.42. The van der Waals surface area contributed by atoms with Crippen LogP contribution >= 0.6 is 27.5 Å². The maximum absolute atomic E-state index is 7.41. The van der Waals surface area contributed by atoms with E-state index in [0.717, 1.165) is 5.56 Å². The Hall–Kier alpha value is -1.52. The number of rotatable bonds is 3. The van der Waals surface area contributed by atoms with Crippen molar-refractivity contribution in [2.45, 2.75) is 6.92 Å². The fraction of sp³-hybridized carbons (Fsp3) is 0.0714. The van der Waals surface area contributed by atoms with Crippen LogP contribution in [0.4, 0.5) is 0 Å². The monoisotopic (exact) mass is 338 g/mol. The first-order valence-electron chi connectivity index (χ1n) is 5.55. The Balaban J connectivity index is 2.29. The number of amidine groups is 1. The zero-order valence-corrected chi connectivity index (χ0v) is 12.5. The van der Waals surface area contributed by atoms with Crippen molar-refractivity contribution in [2.24, 2.45) is 5.73 Å². The summed E-state index contributed by atoms with van der Waals surface area (Å²) in [6, 6.07) is 10.8. The fourth-order valence-corrected chi connectivity index (χ4v) is 2.44. The van der Waals surface area contributed by atoms with Gasteiger partial charge in [-0.05, 0) is 58.7 Å². The van der Waals surface area contributed by atoms with Crippen LogP contribution in [0, 0.1) is 12.3 Å². The van der Waals surface area contributed by atoms with E-state index >= 15 is 0 Å². The SMILES string of the molecule is Cc1ccc(Oc2ccc(C(=N)N)c(Br)c2)c(Cl)c1. The Kier molecular flexibility index (Phi) is 4.12. The molecular formula is C14H12BrClN2O. The fourth-order valence-electron chi connectivity index (χ4n) is 1.59. The van der Waals surface area contributed by atoms with Gasteiger partial charge < -0.3 is 10.5 Å². The Labute approximate surface area is 125 Å². The van der Waals surface area contributed by atoms with Gasteiger partial charge in [0.25, 0.3) is 0 Å². The third kappa shape index (κ3) is 3.28. The van der Waals surface area contributed by atoms with Crippen molar-refractivity contribution >= 4 is 33.4 Å². The molecule has 0 amide bonds. The number of hydrogen-bond acceptors (Lipinski definition) is 2. The lowest BCUT2D eigenvalue weighted by atomic mass is 10.2.